The van der Waals surface area contributed by atoms with E-state index >= 15 is 4.39 Å². The molecule has 4 aromatic carbocycles. The van der Waals surface area contributed by atoms with Gasteiger partial charge in [-0.05, 0) is 89.6 Å². The van der Waals surface area contributed by atoms with Crippen LogP contribution in [-0.4, -0.2) is 101 Å². The number of ether oxygens (including phenoxy) is 3. The Bertz CT molecular complexity index is 3590. The number of nitrogens with zero attached hydrogens (tertiary/aromatic N) is 2. The number of alkyl carbamates (subject to hydrolysis) is 1. The zero-order chi connectivity index (χ0) is 56.7. The maximum atomic E-state index is 15.4. The number of pyridine rings is 2. The van der Waals surface area contributed by atoms with Gasteiger partial charge in [0.1, 0.15) is 38.3 Å². The molecular formula is C60H59FN8O12. The highest BCUT2D eigenvalue weighted by Gasteiger charge is 2.46. The van der Waals surface area contributed by atoms with Gasteiger partial charge in [-0.2, -0.15) is 0 Å². The van der Waals surface area contributed by atoms with Crippen LogP contribution in [0.15, 0.2) is 95.8 Å². The van der Waals surface area contributed by atoms with Crippen molar-refractivity contribution < 1.29 is 57.3 Å². The molecule has 7 N–H and O–H groups in total. The first-order valence-electron chi connectivity index (χ1n) is 27.1. The second-order valence-corrected chi connectivity index (χ2v) is 21.1. The number of fused-ring (bicyclic) bond motifs is 8. The number of aromatic nitrogens is 2. The summed E-state index contributed by atoms with van der Waals surface area (Å²) in [6, 6.07) is 26.0. The molecule has 2 aliphatic heterocycles. The molecule has 81 heavy (non-hydrogen) atoms. The number of rotatable bonds is 18. The molecule has 5 aliphatic rings. The molecule has 6 aromatic rings. The van der Waals surface area contributed by atoms with Gasteiger partial charge in [0.2, 0.25) is 29.5 Å². The Morgan fingerprint density at radius 1 is 0.840 bits per heavy atom. The minimum absolute atomic E-state index is 0.0279. The van der Waals surface area contributed by atoms with E-state index in [1.54, 1.807) is 50.2 Å². The van der Waals surface area contributed by atoms with Crippen LogP contribution in [0.1, 0.15) is 94.6 Å². The normalized spacial score (nSPS) is 19.3. The van der Waals surface area contributed by atoms with E-state index in [1.165, 1.54) is 10.6 Å². The number of hydrogen-bond donors (Lipinski definition) is 7. The Morgan fingerprint density at radius 3 is 2.25 bits per heavy atom. The molecule has 0 unspecified atom stereocenters. The summed E-state index contributed by atoms with van der Waals surface area (Å²) in [6.07, 6.45) is 0.527. The van der Waals surface area contributed by atoms with Crippen LogP contribution in [0.25, 0.3) is 33.4 Å². The number of nitrogens with one attached hydrogen (secondary N) is 6. The van der Waals surface area contributed by atoms with Gasteiger partial charge in [-0.1, -0.05) is 85.8 Å². The summed E-state index contributed by atoms with van der Waals surface area (Å²) in [5.74, 6) is -4.67. The van der Waals surface area contributed by atoms with Crippen molar-refractivity contribution in [1.82, 2.24) is 41.5 Å². The maximum absolute atomic E-state index is 15.4. The van der Waals surface area contributed by atoms with Crippen molar-refractivity contribution in [2.45, 2.75) is 95.2 Å². The molecule has 0 radical (unpaired) electrons. The summed E-state index contributed by atoms with van der Waals surface area (Å²) in [5.41, 5.74) is 6.64. The van der Waals surface area contributed by atoms with Gasteiger partial charge >= 0.3 is 12.1 Å². The van der Waals surface area contributed by atoms with Crippen LogP contribution in [-0.2, 0) is 74.6 Å². The lowest BCUT2D eigenvalue weighted by Gasteiger charge is -2.36. The predicted octanol–water partition coefficient (Wildman–Crippen LogP) is 4.00. The number of benzene rings is 4. The number of cyclic esters (lactones) is 1. The molecule has 2 aromatic heterocycles. The van der Waals surface area contributed by atoms with Crippen LogP contribution in [0.2, 0.25) is 0 Å². The van der Waals surface area contributed by atoms with E-state index in [1.807, 2.05) is 48.5 Å². The summed E-state index contributed by atoms with van der Waals surface area (Å²) in [4.78, 5) is 110. The number of halogens is 1. The predicted molar refractivity (Wildman–Crippen MR) is 290 cm³/mol. The van der Waals surface area contributed by atoms with Crippen molar-refractivity contribution in [1.29, 1.82) is 0 Å². The fourth-order valence-electron chi connectivity index (χ4n) is 11.8. The number of aliphatic hydroxyl groups is 1. The zero-order valence-electron chi connectivity index (χ0n) is 44.4. The molecule has 0 bridgehead atoms. The third kappa shape index (κ3) is 10.5. The van der Waals surface area contributed by atoms with E-state index in [0.717, 1.165) is 44.3 Å². The molecule has 3 atom stereocenters. The summed E-state index contributed by atoms with van der Waals surface area (Å²) in [6.45, 7) is 1.58. The Morgan fingerprint density at radius 2 is 1.52 bits per heavy atom. The van der Waals surface area contributed by atoms with Gasteiger partial charge < -0.3 is 55.8 Å². The van der Waals surface area contributed by atoms with Crippen LogP contribution in [0.4, 0.5) is 9.18 Å². The number of hydrogen-bond acceptors (Lipinski definition) is 13. The van der Waals surface area contributed by atoms with Crippen molar-refractivity contribution in [3.05, 3.63) is 157 Å². The molecule has 4 heterocycles. The molecule has 1 saturated carbocycles. The topological polar surface area (TPSA) is 274 Å². The number of carbonyl (C=O) groups is 7. The molecular weight excluding hydrogens is 1040 g/mol. The van der Waals surface area contributed by atoms with E-state index in [9.17, 15) is 43.5 Å². The van der Waals surface area contributed by atoms with Crippen LogP contribution < -0.4 is 37.5 Å². The summed E-state index contributed by atoms with van der Waals surface area (Å²) < 4.78 is 33.6. The molecule has 0 saturated heterocycles. The first kappa shape index (κ1) is 54.2. The Hall–Kier alpha value is -8.82. The third-order valence-corrected chi connectivity index (χ3v) is 16.3. The highest BCUT2D eigenvalue weighted by Crippen LogP contribution is 2.47. The quantitative estimate of drug-likeness (QED) is 0.0474. The molecule has 3 aliphatic carbocycles. The van der Waals surface area contributed by atoms with Gasteiger partial charge in [0.05, 0.1) is 54.2 Å². The van der Waals surface area contributed by atoms with E-state index < -0.39 is 90.3 Å². The Balaban J connectivity index is 0.639. The van der Waals surface area contributed by atoms with E-state index in [2.05, 4.69) is 31.9 Å². The smallest absolute Gasteiger partial charge is 0.407 e. The van der Waals surface area contributed by atoms with Gasteiger partial charge in [-0.15, -0.1) is 0 Å². The lowest BCUT2D eigenvalue weighted by Crippen LogP contribution is -2.52. The van der Waals surface area contributed by atoms with E-state index in [0.29, 0.717) is 53.7 Å². The minimum atomic E-state index is -2.03. The standard InChI is InChI=1S/C60H59FN8O12/c1-3-60(78)43-22-48-54-40(27-69(48)57(75)42(43)29-79-58(60)76)53-45(18-17-35-31(2)44(61)23-46(67-54)52(35)53)68-55(73)33-20-34(21-33)81-30-65-50(71)24-63-56(74)47(19-32-11-5-4-6-12-32)66-51(72)26-62-49(70)25-64-59(77)80-28-41-38-15-9-7-13-36(38)37-14-8-10-16-39(37)41/h4-16,22-23,33-34,41,45,47,78H,3,17-21,24-30H2,1-2H3,(H,62,70)(H,63,74)(H,64,77)(H,65,71)(H,66,72)(H,68,73)/t33?,34?,45-,47-,60-/m0/s1. The van der Waals surface area contributed by atoms with E-state index in [4.69, 9.17) is 19.2 Å². The fraction of sp³-hybridized carbons (Fsp3) is 0.350. The van der Waals surface area contributed by atoms with Crippen LogP contribution in [0.3, 0.4) is 0 Å². The molecule has 11 rings (SSSR count). The largest absolute Gasteiger partial charge is 0.458 e. The Labute approximate surface area is 463 Å². The average Bonchev–Trinajstić information content (AvgIpc) is 2.84. The monoisotopic (exact) mass is 1100 g/mol. The van der Waals surface area contributed by atoms with Gasteiger partial charge in [-0.25, -0.2) is 19.0 Å². The van der Waals surface area contributed by atoms with Gasteiger partial charge in [0.25, 0.3) is 5.56 Å². The molecule has 20 nitrogen and oxygen atoms in total. The molecule has 21 heteroatoms. The Kier molecular flexibility index (Phi) is 15.0. The van der Waals surface area contributed by atoms with Crippen molar-refractivity contribution in [2.24, 2.45) is 5.92 Å². The van der Waals surface area contributed by atoms with Crippen molar-refractivity contribution in [3.63, 3.8) is 0 Å². The van der Waals surface area contributed by atoms with E-state index in [-0.39, 0.29) is 68.4 Å². The highest BCUT2D eigenvalue weighted by atomic mass is 19.1. The number of esters is 1. The van der Waals surface area contributed by atoms with Crippen LogP contribution >= 0.6 is 0 Å². The first-order chi connectivity index (χ1) is 39.1. The van der Waals surface area contributed by atoms with Crippen molar-refractivity contribution in [3.8, 4) is 22.5 Å². The maximum Gasteiger partial charge on any atom is 0.407 e. The third-order valence-electron chi connectivity index (χ3n) is 16.3. The van der Waals surface area contributed by atoms with Gasteiger partial charge in [0.15, 0.2) is 5.60 Å². The highest BCUT2D eigenvalue weighted by molar-refractivity contribution is 5.95. The first-order valence-corrected chi connectivity index (χ1v) is 27.1. The van der Waals surface area contributed by atoms with Gasteiger partial charge in [-0.3, -0.25) is 28.8 Å². The second-order valence-electron chi connectivity index (χ2n) is 21.1. The van der Waals surface area contributed by atoms with Crippen LogP contribution in [0.5, 0.6) is 0 Å². The number of carbonyl (C=O) groups excluding carboxylic acids is 7. The molecule has 1 fully saturated rings. The molecule has 0 spiro atoms. The lowest BCUT2D eigenvalue weighted by molar-refractivity contribution is -0.172. The van der Waals surface area contributed by atoms with Crippen LogP contribution in [0, 0.1) is 18.7 Å². The second kappa shape index (κ2) is 22.4. The van der Waals surface area contributed by atoms with Gasteiger partial charge in [0, 0.05) is 40.8 Å². The number of amides is 6. The lowest BCUT2D eigenvalue weighted by atomic mass is 9.79. The summed E-state index contributed by atoms with van der Waals surface area (Å²) in [7, 11) is 0. The molecule has 6 amide bonds. The summed E-state index contributed by atoms with van der Waals surface area (Å²) in [5, 5.41) is 28.0. The zero-order valence-corrected chi connectivity index (χ0v) is 44.4. The van der Waals surface area contributed by atoms with Crippen molar-refractivity contribution >= 4 is 52.5 Å². The molecule has 418 valence electrons. The fourth-order valence-corrected chi connectivity index (χ4v) is 11.8. The SMILES string of the molecule is CC[C@@]1(O)C(=O)OCc2c1cc1n(c2=O)Cc2c-1nc1cc(F)c(C)c3c1c2[C@@H](NC(=O)C1CC(OCNC(=O)CNC(=O)[C@H](Cc2ccccc2)NC(=O)CNC(=O)CNC(=O)OCC2c4ccccc4-c4ccccc42)C1)CC3. The average molecular weight is 1100 g/mol. The minimum Gasteiger partial charge on any atom is -0.458 e. The number of aryl methyl sites for hydroxylation is 1. The van der Waals surface area contributed by atoms with Crippen molar-refractivity contribution in [2.75, 3.05) is 33.0 Å². The summed E-state index contributed by atoms with van der Waals surface area (Å²) >= 11 is 0.